The largest absolute Gasteiger partial charge is 0.484 e. The second kappa shape index (κ2) is 7.82. The number of rotatable bonds is 5. The molecule has 5 heteroatoms. The third-order valence-corrected chi connectivity index (χ3v) is 4.04. The molecular formula is C17H24N2O3. The fourth-order valence-corrected chi connectivity index (χ4v) is 2.54. The van der Waals surface area contributed by atoms with Crippen molar-refractivity contribution in [1.82, 2.24) is 10.2 Å². The zero-order chi connectivity index (χ0) is 15.9. The van der Waals surface area contributed by atoms with Gasteiger partial charge in [-0.3, -0.25) is 9.59 Å². The lowest BCUT2D eigenvalue weighted by Gasteiger charge is -2.31. The van der Waals surface area contributed by atoms with Crippen LogP contribution in [0.15, 0.2) is 24.3 Å². The summed E-state index contributed by atoms with van der Waals surface area (Å²) in [6, 6.07) is 7.63. The van der Waals surface area contributed by atoms with E-state index in [0.717, 1.165) is 31.5 Å². The van der Waals surface area contributed by atoms with E-state index in [1.165, 1.54) is 0 Å². The maximum atomic E-state index is 11.8. The molecule has 5 nitrogen and oxygen atoms in total. The van der Waals surface area contributed by atoms with E-state index in [1.54, 1.807) is 6.92 Å². The summed E-state index contributed by atoms with van der Waals surface area (Å²) in [7, 11) is 0. The Morgan fingerprint density at radius 1 is 1.23 bits per heavy atom. The molecule has 1 aromatic rings. The first kappa shape index (κ1) is 16.3. The van der Waals surface area contributed by atoms with Crippen molar-refractivity contribution in [2.45, 2.75) is 26.7 Å². The van der Waals surface area contributed by atoms with Crippen molar-refractivity contribution in [3.05, 3.63) is 29.8 Å². The average molecular weight is 304 g/mol. The van der Waals surface area contributed by atoms with Gasteiger partial charge >= 0.3 is 0 Å². The van der Waals surface area contributed by atoms with Gasteiger partial charge in [-0.1, -0.05) is 17.7 Å². The highest BCUT2D eigenvalue weighted by Gasteiger charge is 2.20. The lowest BCUT2D eigenvalue weighted by atomic mass is 9.97. The van der Waals surface area contributed by atoms with Gasteiger partial charge < -0.3 is 15.0 Å². The van der Waals surface area contributed by atoms with Crippen LogP contribution in [0, 0.1) is 12.8 Å². The second-order valence-electron chi connectivity index (χ2n) is 5.86. The summed E-state index contributed by atoms with van der Waals surface area (Å²) in [6.07, 6.45) is 1.89. The Morgan fingerprint density at radius 2 is 1.86 bits per heavy atom. The molecule has 2 rings (SSSR count). The number of likely N-dealkylation sites (tertiary alicyclic amines) is 1. The molecule has 0 bridgehead atoms. The minimum Gasteiger partial charge on any atom is -0.484 e. The first-order chi connectivity index (χ1) is 10.5. The van der Waals surface area contributed by atoms with Crippen LogP contribution in [-0.2, 0) is 9.59 Å². The van der Waals surface area contributed by atoms with Crippen LogP contribution >= 0.6 is 0 Å². The van der Waals surface area contributed by atoms with Crippen molar-refractivity contribution in [3.63, 3.8) is 0 Å². The van der Waals surface area contributed by atoms with Crippen molar-refractivity contribution in [1.29, 1.82) is 0 Å². The van der Waals surface area contributed by atoms with E-state index < -0.39 is 0 Å². The van der Waals surface area contributed by atoms with E-state index in [9.17, 15) is 9.59 Å². The highest BCUT2D eigenvalue weighted by Crippen LogP contribution is 2.16. The summed E-state index contributed by atoms with van der Waals surface area (Å²) in [5.41, 5.74) is 1.16. The molecule has 1 heterocycles. The number of nitrogens with one attached hydrogen (secondary N) is 1. The molecule has 1 fully saturated rings. The Morgan fingerprint density at radius 3 is 2.45 bits per heavy atom. The number of aryl methyl sites for hydroxylation is 1. The standard InChI is InChI=1S/C17H24N2O3/c1-13-3-5-16(6-4-13)22-12-17(21)18-11-15-7-9-19(10-8-15)14(2)20/h3-6,15H,7-12H2,1-2H3,(H,18,21). The quantitative estimate of drug-likeness (QED) is 0.901. The SMILES string of the molecule is CC(=O)N1CCC(CNC(=O)COc2ccc(C)cc2)CC1. The van der Waals surface area contributed by atoms with Crippen molar-refractivity contribution in [2.75, 3.05) is 26.2 Å². The van der Waals surface area contributed by atoms with Crippen molar-refractivity contribution in [2.24, 2.45) is 5.92 Å². The second-order valence-corrected chi connectivity index (χ2v) is 5.86. The predicted molar refractivity (Wildman–Crippen MR) is 84.7 cm³/mol. The Labute approximate surface area is 131 Å². The molecule has 1 N–H and O–H groups in total. The van der Waals surface area contributed by atoms with Crippen molar-refractivity contribution in [3.8, 4) is 5.75 Å². The number of nitrogens with zero attached hydrogens (tertiary/aromatic N) is 1. The smallest absolute Gasteiger partial charge is 0.257 e. The number of hydrogen-bond donors (Lipinski definition) is 1. The van der Waals surface area contributed by atoms with Crippen LogP contribution in [0.5, 0.6) is 5.75 Å². The van der Waals surface area contributed by atoms with Crippen molar-refractivity contribution < 1.29 is 14.3 Å². The number of hydrogen-bond acceptors (Lipinski definition) is 3. The van der Waals surface area contributed by atoms with E-state index in [1.807, 2.05) is 36.1 Å². The van der Waals surface area contributed by atoms with Crippen LogP contribution < -0.4 is 10.1 Å². The Kier molecular flexibility index (Phi) is 5.81. The zero-order valence-corrected chi connectivity index (χ0v) is 13.3. The molecule has 120 valence electrons. The first-order valence-electron chi connectivity index (χ1n) is 7.76. The summed E-state index contributed by atoms with van der Waals surface area (Å²) >= 11 is 0. The molecule has 2 amide bonds. The molecule has 1 aliphatic heterocycles. The van der Waals surface area contributed by atoms with E-state index in [2.05, 4.69) is 5.32 Å². The summed E-state index contributed by atoms with van der Waals surface area (Å²) in [4.78, 5) is 24.9. The van der Waals surface area contributed by atoms with E-state index >= 15 is 0 Å². The number of ether oxygens (including phenoxy) is 1. The lowest BCUT2D eigenvalue weighted by Crippen LogP contribution is -2.41. The zero-order valence-electron chi connectivity index (χ0n) is 13.3. The molecule has 22 heavy (non-hydrogen) atoms. The van der Waals surface area contributed by atoms with Gasteiger partial charge in [0.15, 0.2) is 6.61 Å². The monoisotopic (exact) mass is 304 g/mol. The molecule has 1 aromatic carbocycles. The van der Waals surface area contributed by atoms with Gasteiger partial charge in [-0.05, 0) is 37.8 Å². The summed E-state index contributed by atoms with van der Waals surface area (Å²) in [5.74, 6) is 1.18. The van der Waals surface area contributed by atoms with Crippen LogP contribution in [0.2, 0.25) is 0 Å². The molecule has 0 saturated carbocycles. The van der Waals surface area contributed by atoms with Crippen LogP contribution in [-0.4, -0.2) is 43.0 Å². The highest BCUT2D eigenvalue weighted by atomic mass is 16.5. The molecule has 0 atom stereocenters. The highest BCUT2D eigenvalue weighted by molar-refractivity contribution is 5.77. The van der Waals surface area contributed by atoms with Gasteiger partial charge in [-0.25, -0.2) is 0 Å². The molecule has 0 aromatic heterocycles. The molecule has 1 saturated heterocycles. The molecule has 1 aliphatic rings. The van der Waals surface area contributed by atoms with Gasteiger partial charge in [0.2, 0.25) is 5.91 Å². The van der Waals surface area contributed by atoms with Gasteiger partial charge in [0, 0.05) is 26.6 Å². The molecule has 0 unspecified atom stereocenters. The van der Waals surface area contributed by atoms with E-state index in [-0.39, 0.29) is 18.4 Å². The van der Waals surface area contributed by atoms with Crippen LogP contribution in [0.25, 0.3) is 0 Å². The fraction of sp³-hybridized carbons (Fsp3) is 0.529. The maximum Gasteiger partial charge on any atom is 0.257 e. The van der Waals surface area contributed by atoms with Crippen molar-refractivity contribution >= 4 is 11.8 Å². The van der Waals surface area contributed by atoms with Gasteiger partial charge in [0.1, 0.15) is 5.75 Å². The summed E-state index contributed by atoms with van der Waals surface area (Å²) in [5, 5.41) is 2.91. The number of amides is 2. The minimum atomic E-state index is -0.102. The van der Waals surface area contributed by atoms with Crippen LogP contribution in [0.3, 0.4) is 0 Å². The number of piperidine rings is 1. The third-order valence-electron chi connectivity index (χ3n) is 4.04. The average Bonchev–Trinajstić information content (AvgIpc) is 2.52. The first-order valence-corrected chi connectivity index (χ1v) is 7.76. The lowest BCUT2D eigenvalue weighted by molar-refractivity contribution is -0.130. The van der Waals surface area contributed by atoms with Crippen LogP contribution in [0.4, 0.5) is 0 Å². The number of benzene rings is 1. The van der Waals surface area contributed by atoms with Gasteiger partial charge in [0.05, 0.1) is 0 Å². The third kappa shape index (κ3) is 5.06. The minimum absolute atomic E-state index is 0.0371. The Bertz CT molecular complexity index is 505. The number of carbonyl (C=O) groups excluding carboxylic acids is 2. The van der Waals surface area contributed by atoms with E-state index in [4.69, 9.17) is 4.74 Å². The normalized spacial score (nSPS) is 15.5. The molecule has 0 spiro atoms. The van der Waals surface area contributed by atoms with Gasteiger partial charge in [-0.2, -0.15) is 0 Å². The molecular weight excluding hydrogens is 280 g/mol. The predicted octanol–water partition coefficient (Wildman–Crippen LogP) is 1.75. The summed E-state index contributed by atoms with van der Waals surface area (Å²) < 4.78 is 5.45. The van der Waals surface area contributed by atoms with Gasteiger partial charge in [0.25, 0.3) is 5.91 Å². The fourth-order valence-electron chi connectivity index (χ4n) is 2.54. The topological polar surface area (TPSA) is 58.6 Å². The van der Waals surface area contributed by atoms with Crippen LogP contribution in [0.1, 0.15) is 25.3 Å². The summed E-state index contributed by atoms with van der Waals surface area (Å²) in [6.45, 7) is 5.88. The molecule has 0 radical (unpaired) electrons. The van der Waals surface area contributed by atoms with E-state index in [0.29, 0.717) is 18.2 Å². The maximum absolute atomic E-state index is 11.8. The Hall–Kier alpha value is -2.04. The Balaban J connectivity index is 1.64. The van der Waals surface area contributed by atoms with Gasteiger partial charge in [-0.15, -0.1) is 0 Å². The molecule has 0 aliphatic carbocycles. The number of carbonyl (C=O) groups is 2.